The predicted molar refractivity (Wildman–Crippen MR) is 99.8 cm³/mol. The van der Waals surface area contributed by atoms with E-state index in [1.54, 1.807) is 0 Å². The molecule has 0 N–H and O–H groups in total. The molecular formula is C20H17BrN2O2. The van der Waals surface area contributed by atoms with E-state index < -0.39 is 0 Å². The fourth-order valence-electron chi connectivity index (χ4n) is 3.54. The highest BCUT2D eigenvalue weighted by atomic mass is 79.9. The fourth-order valence-corrected chi connectivity index (χ4v) is 3.94. The lowest BCUT2D eigenvalue weighted by atomic mass is 9.83. The Labute approximate surface area is 155 Å². The van der Waals surface area contributed by atoms with Gasteiger partial charge in [0.05, 0.1) is 18.9 Å². The number of halogens is 1. The SMILES string of the molecule is N#CN=C1CC2(CCOCC2)Oc2ccc(-c3cccc(Br)c3)cc21. The molecule has 0 unspecified atom stereocenters. The number of hydrogen-bond donors (Lipinski definition) is 0. The minimum atomic E-state index is -0.293. The third-order valence-electron chi connectivity index (χ3n) is 4.85. The van der Waals surface area contributed by atoms with Gasteiger partial charge in [-0.1, -0.05) is 34.1 Å². The second-order valence-corrected chi connectivity index (χ2v) is 7.37. The summed E-state index contributed by atoms with van der Waals surface area (Å²) in [6.45, 7) is 1.37. The van der Waals surface area contributed by atoms with E-state index in [0.717, 1.165) is 45.5 Å². The van der Waals surface area contributed by atoms with Crippen molar-refractivity contribution in [3.05, 3.63) is 52.5 Å². The Bertz CT molecular complexity index is 880. The number of rotatable bonds is 1. The van der Waals surface area contributed by atoms with Gasteiger partial charge in [0.2, 0.25) is 6.19 Å². The van der Waals surface area contributed by atoms with Crippen LogP contribution < -0.4 is 4.74 Å². The highest BCUT2D eigenvalue weighted by Crippen LogP contribution is 2.40. The Morgan fingerprint density at radius 3 is 2.64 bits per heavy atom. The van der Waals surface area contributed by atoms with Crippen molar-refractivity contribution in [1.82, 2.24) is 0 Å². The molecule has 0 aromatic heterocycles. The van der Waals surface area contributed by atoms with Gasteiger partial charge in [0.1, 0.15) is 11.4 Å². The third-order valence-corrected chi connectivity index (χ3v) is 5.35. The van der Waals surface area contributed by atoms with Crippen LogP contribution in [0.1, 0.15) is 24.8 Å². The third kappa shape index (κ3) is 3.20. The maximum atomic E-state index is 9.14. The molecule has 0 bridgehead atoms. The summed E-state index contributed by atoms with van der Waals surface area (Å²) in [5.41, 5.74) is 3.62. The lowest BCUT2D eigenvalue weighted by Crippen LogP contribution is -2.46. The number of ether oxygens (including phenoxy) is 2. The van der Waals surface area contributed by atoms with E-state index in [-0.39, 0.29) is 5.60 Å². The second kappa shape index (κ2) is 6.62. The zero-order chi connectivity index (χ0) is 17.3. The monoisotopic (exact) mass is 396 g/mol. The van der Waals surface area contributed by atoms with Gasteiger partial charge in [-0.15, -0.1) is 0 Å². The highest BCUT2D eigenvalue weighted by molar-refractivity contribution is 9.10. The smallest absolute Gasteiger partial charge is 0.205 e. The van der Waals surface area contributed by atoms with Crippen LogP contribution in [0.25, 0.3) is 11.1 Å². The van der Waals surface area contributed by atoms with Crippen LogP contribution in [-0.4, -0.2) is 24.5 Å². The Balaban J connectivity index is 1.77. The minimum Gasteiger partial charge on any atom is -0.486 e. The van der Waals surface area contributed by atoms with Crippen molar-refractivity contribution < 1.29 is 9.47 Å². The summed E-state index contributed by atoms with van der Waals surface area (Å²) in [6, 6.07) is 14.3. The average molecular weight is 397 g/mol. The van der Waals surface area contributed by atoms with Gasteiger partial charge in [-0.05, 0) is 35.4 Å². The molecule has 2 aliphatic heterocycles. The molecule has 4 nitrogen and oxygen atoms in total. The predicted octanol–water partition coefficient (Wildman–Crippen LogP) is 4.72. The van der Waals surface area contributed by atoms with E-state index in [1.165, 1.54) is 0 Å². The molecule has 1 fully saturated rings. The van der Waals surface area contributed by atoms with Gasteiger partial charge in [-0.3, -0.25) is 0 Å². The molecule has 2 aromatic carbocycles. The summed E-state index contributed by atoms with van der Waals surface area (Å²) in [5.74, 6) is 0.806. The first-order chi connectivity index (χ1) is 12.2. The van der Waals surface area contributed by atoms with E-state index >= 15 is 0 Å². The molecule has 4 rings (SSSR count). The van der Waals surface area contributed by atoms with Crippen LogP contribution in [0.15, 0.2) is 51.9 Å². The number of hydrogen-bond acceptors (Lipinski definition) is 4. The molecular weight excluding hydrogens is 380 g/mol. The molecule has 25 heavy (non-hydrogen) atoms. The zero-order valence-corrected chi connectivity index (χ0v) is 15.3. The molecule has 2 aliphatic rings. The molecule has 2 aromatic rings. The molecule has 5 heteroatoms. The van der Waals surface area contributed by atoms with Gasteiger partial charge >= 0.3 is 0 Å². The fraction of sp³-hybridized carbons (Fsp3) is 0.300. The van der Waals surface area contributed by atoms with Gasteiger partial charge in [-0.2, -0.15) is 10.3 Å². The molecule has 126 valence electrons. The number of nitrogens with zero attached hydrogens (tertiary/aromatic N) is 2. The second-order valence-electron chi connectivity index (χ2n) is 6.45. The molecule has 0 amide bonds. The van der Waals surface area contributed by atoms with Crippen molar-refractivity contribution in [2.45, 2.75) is 24.9 Å². The average Bonchev–Trinajstić information content (AvgIpc) is 2.62. The molecule has 0 atom stereocenters. The van der Waals surface area contributed by atoms with Crippen molar-refractivity contribution in [1.29, 1.82) is 5.26 Å². The van der Waals surface area contributed by atoms with Crippen LogP contribution in [0.4, 0.5) is 0 Å². The molecule has 0 radical (unpaired) electrons. The first-order valence-electron chi connectivity index (χ1n) is 8.32. The molecule has 0 saturated carbocycles. The van der Waals surface area contributed by atoms with Crippen molar-refractivity contribution in [3.8, 4) is 23.1 Å². The minimum absolute atomic E-state index is 0.293. The first kappa shape index (κ1) is 16.3. The van der Waals surface area contributed by atoms with E-state index in [0.29, 0.717) is 19.6 Å². The van der Waals surface area contributed by atoms with Crippen LogP contribution in [0.5, 0.6) is 5.75 Å². The maximum Gasteiger partial charge on any atom is 0.205 e. The Kier molecular flexibility index (Phi) is 4.32. The Morgan fingerprint density at radius 2 is 1.88 bits per heavy atom. The van der Waals surface area contributed by atoms with Gasteiger partial charge in [-0.25, -0.2) is 0 Å². The normalized spacial score (nSPS) is 19.9. The summed E-state index contributed by atoms with van der Waals surface area (Å²) in [6.07, 6.45) is 4.26. The standard InChI is InChI=1S/C20H17BrN2O2/c21-16-3-1-2-14(10-16)15-4-5-19-17(11-15)18(23-13-22)12-20(25-19)6-8-24-9-7-20/h1-5,10-11H,6-9,12H2. The summed E-state index contributed by atoms with van der Waals surface area (Å²) < 4.78 is 12.9. The largest absolute Gasteiger partial charge is 0.486 e. The molecule has 1 saturated heterocycles. The summed E-state index contributed by atoms with van der Waals surface area (Å²) >= 11 is 3.52. The first-order valence-corrected chi connectivity index (χ1v) is 9.11. The molecule has 0 aliphatic carbocycles. The van der Waals surface area contributed by atoms with E-state index in [4.69, 9.17) is 14.7 Å². The topological polar surface area (TPSA) is 54.6 Å². The summed E-state index contributed by atoms with van der Waals surface area (Å²) in [5, 5.41) is 9.14. The van der Waals surface area contributed by atoms with Crippen LogP contribution in [0.2, 0.25) is 0 Å². The summed E-state index contributed by atoms with van der Waals surface area (Å²) in [4.78, 5) is 4.12. The van der Waals surface area contributed by atoms with Crippen molar-refractivity contribution >= 4 is 21.6 Å². The quantitative estimate of drug-likeness (QED) is 0.655. The molecule has 2 heterocycles. The number of fused-ring (bicyclic) bond motifs is 1. The van der Waals surface area contributed by atoms with E-state index in [2.05, 4.69) is 45.2 Å². The van der Waals surface area contributed by atoms with Crippen LogP contribution in [0, 0.1) is 11.5 Å². The summed E-state index contributed by atoms with van der Waals surface area (Å²) in [7, 11) is 0. The lowest BCUT2D eigenvalue weighted by molar-refractivity contribution is -0.0441. The van der Waals surface area contributed by atoms with Crippen molar-refractivity contribution in [2.24, 2.45) is 4.99 Å². The van der Waals surface area contributed by atoms with Gasteiger partial charge in [0.15, 0.2) is 0 Å². The van der Waals surface area contributed by atoms with Gasteiger partial charge in [0.25, 0.3) is 0 Å². The van der Waals surface area contributed by atoms with Crippen molar-refractivity contribution in [3.63, 3.8) is 0 Å². The van der Waals surface area contributed by atoms with Crippen molar-refractivity contribution in [2.75, 3.05) is 13.2 Å². The lowest BCUT2D eigenvalue weighted by Gasteiger charge is -2.41. The Morgan fingerprint density at radius 1 is 1.08 bits per heavy atom. The van der Waals surface area contributed by atoms with E-state index in [9.17, 15) is 0 Å². The van der Waals surface area contributed by atoms with Gasteiger partial charge in [0, 0.05) is 29.3 Å². The number of benzene rings is 2. The number of nitriles is 1. The van der Waals surface area contributed by atoms with Gasteiger partial charge < -0.3 is 9.47 Å². The van der Waals surface area contributed by atoms with Crippen LogP contribution in [-0.2, 0) is 4.74 Å². The highest BCUT2D eigenvalue weighted by Gasteiger charge is 2.41. The number of aliphatic imine (C=N–C) groups is 1. The van der Waals surface area contributed by atoms with E-state index in [1.807, 2.05) is 24.4 Å². The maximum absolute atomic E-state index is 9.14. The Hall–Kier alpha value is -2.16. The molecule has 1 spiro atoms. The van der Waals surface area contributed by atoms with Crippen LogP contribution >= 0.6 is 15.9 Å². The van der Waals surface area contributed by atoms with Crippen LogP contribution in [0.3, 0.4) is 0 Å². The zero-order valence-electron chi connectivity index (χ0n) is 13.7.